The summed E-state index contributed by atoms with van der Waals surface area (Å²) in [6.07, 6.45) is 94.9. The number of hydrogen-bond donors (Lipinski definition) is 3. The first-order chi connectivity index (χ1) is 41.0. The first-order valence-electron chi connectivity index (χ1n) is 37.4. The standard InChI is InChI=1S/C77H145NO5/c1-3-5-7-9-11-13-15-17-19-21-22-23-31-34-38-41-45-49-53-57-61-65-69-75(80)74(73-79)78-76(81)70-66-62-58-54-50-46-42-39-35-32-29-27-25-24-26-28-30-33-36-40-44-48-52-56-60-64-68-72-83-77(82)71-67-63-59-55-51-47-43-37-20-18-16-14-12-10-8-6-4-2/h18,20,24-25,28,30,65,69,74-75,79-80H,3-17,19,21-23,26-27,29,31-64,66-68,70-73H2,1-2H3,(H,78,81)/b20-18-,25-24-,30-28-,69-65+. The maximum Gasteiger partial charge on any atom is 0.305 e. The van der Waals surface area contributed by atoms with Crippen LogP contribution in [-0.2, 0) is 14.3 Å². The fourth-order valence-electron chi connectivity index (χ4n) is 11.6. The molecule has 6 heteroatoms. The molecule has 0 bridgehead atoms. The maximum atomic E-state index is 12.5. The van der Waals surface area contributed by atoms with Gasteiger partial charge in [-0.05, 0) is 89.9 Å². The lowest BCUT2D eigenvalue weighted by molar-refractivity contribution is -0.143. The Balaban J connectivity index is 3.44. The third-order valence-corrected chi connectivity index (χ3v) is 17.3. The van der Waals surface area contributed by atoms with Gasteiger partial charge in [-0.15, -0.1) is 0 Å². The van der Waals surface area contributed by atoms with Gasteiger partial charge in [0.05, 0.1) is 25.4 Å². The smallest absolute Gasteiger partial charge is 0.305 e. The summed E-state index contributed by atoms with van der Waals surface area (Å²) in [6, 6.07) is -0.632. The van der Waals surface area contributed by atoms with Crippen LogP contribution in [0.15, 0.2) is 48.6 Å². The van der Waals surface area contributed by atoms with E-state index in [1.54, 1.807) is 6.08 Å². The van der Waals surface area contributed by atoms with Crippen molar-refractivity contribution in [2.45, 2.75) is 418 Å². The van der Waals surface area contributed by atoms with Crippen molar-refractivity contribution in [3.63, 3.8) is 0 Å². The number of unbranched alkanes of at least 4 members (excludes halogenated alkanes) is 53. The topological polar surface area (TPSA) is 95.9 Å². The molecule has 0 aliphatic heterocycles. The number of amides is 1. The molecule has 6 nitrogen and oxygen atoms in total. The lowest BCUT2D eigenvalue weighted by atomic mass is 10.0. The monoisotopic (exact) mass is 1160 g/mol. The molecule has 3 N–H and O–H groups in total. The fraction of sp³-hybridized carbons (Fsp3) is 0.870. The number of carbonyl (C=O) groups is 2. The van der Waals surface area contributed by atoms with E-state index in [0.29, 0.717) is 19.4 Å². The van der Waals surface area contributed by atoms with E-state index < -0.39 is 12.1 Å². The van der Waals surface area contributed by atoms with Crippen molar-refractivity contribution < 1.29 is 24.5 Å². The highest BCUT2D eigenvalue weighted by Gasteiger charge is 2.18. The SMILES string of the molecule is CCCCCCCC/C=C\CCCCCCCCCC(=O)OCCCCCCCCCCC/C=C\C/C=C\CCCCCCCCCCCCCC(=O)NC(CO)C(O)/C=C/CCCCCCCCCCCCCCCCCCCCCC. The van der Waals surface area contributed by atoms with Crippen LogP contribution in [-0.4, -0.2) is 47.4 Å². The van der Waals surface area contributed by atoms with Crippen LogP contribution >= 0.6 is 0 Å². The average molecular weight is 1170 g/mol. The number of esters is 1. The maximum absolute atomic E-state index is 12.5. The van der Waals surface area contributed by atoms with E-state index >= 15 is 0 Å². The number of ether oxygens (including phenoxy) is 1. The lowest BCUT2D eigenvalue weighted by Gasteiger charge is -2.20. The fourth-order valence-corrected chi connectivity index (χ4v) is 11.6. The molecule has 0 aromatic rings. The van der Waals surface area contributed by atoms with Crippen LogP contribution in [0.3, 0.4) is 0 Å². The molecular weight excluding hydrogens is 1020 g/mol. The van der Waals surface area contributed by atoms with Gasteiger partial charge in [-0.2, -0.15) is 0 Å². The second kappa shape index (κ2) is 72.3. The predicted octanol–water partition coefficient (Wildman–Crippen LogP) is 24.4. The Kier molecular flexibility index (Phi) is 70.4. The molecule has 0 heterocycles. The third-order valence-electron chi connectivity index (χ3n) is 17.3. The number of allylic oxidation sites excluding steroid dienone is 7. The second-order valence-corrected chi connectivity index (χ2v) is 25.6. The molecule has 0 aromatic heterocycles. The zero-order valence-corrected chi connectivity index (χ0v) is 55.9. The van der Waals surface area contributed by atoms with Crippen LogP contribution in [0.1, 0.15) is 406 Å². The van der Waals surface area contributed by atoms with Crippen LogP contribution in [0.2, 0.25) is 0 Å². The number of nitrogens with one attached hydrogen (secondary N) is 1. The van der Waals surface area contributed by atoms with Crippen molar-refractivity contribution in [3.05, 3.63) is 48.6 Å². The molecule has 2 unspecified atom stereocenters. The normalized spacial score (nSPS) is 12.8. The van der Waals surface area contributed by atoms with Gasteiger partial charge >= 0.3 is 5.97 Å². The molecule has 0 rings (SSSR count). The molecule has 0 aliphatic rings. The minimum Gasteiger partial charge on any atom is -0.466 e. The predicted molar refractivity (Wildman–Crippen MR) is 366 cm³/mol. The number of rotatable bonds is 70. The Morgan fingerprint density at radius 3 is 0.928 bits per heavy atom. The van der Waals surface area contributed by atoms with E-state index in [4.69, 9.17) is 4.74 Å². The first kappa shape index (κ1) is 80.8. The van der Waals surface area contributed by atoms with Crippen LogP contribution in [0.4, 0.5) is 0 Å². The van der Waals surface area contributed by atoms with E-state index in [9.17, 15) is 19.8 Å². The number of carbonyl (C=O) groups excluding carboxylic acids is 2. The van der Waals surface area contributed by atoms with E-state index in [0.717, 1.165) is 51.4 Å². The lowest BCUT2D eigenvalue weighted by Crippen LogP contribution is -2.45. The van der Waals surface area contributed by atoms with Crippen molar-refractivity contribution in [3.8, 4) is 0 Å². The van der Waals surface area contributed by atoms with E-state index in [1.807, 2.05) is 6.08 Å². The highest BCUT2D eigenvalue weighted by atomic mass is 16.5. The largest absolute Gasteiger partial charge is 0.466 e. The van der Waals surface area contributed by atoms with Gasteiger partial charge in [-0.25, -0.2) is 0 Å². The van der Waals surface area contributed by atoms with Gasteiger partial charge in [-0.3, -0.25) is 9.59 Å². The Labute approximate surface area is 518 Å². The second-order valence-electron chi connectivity index (χ2n) is 25.6. The van der Waals surface area contributed by atoms with E-state index in [1.165, 1.54) is 327 Å². The van der Waals surface area contributed by atoms with Crippen molar-refractivity contribution in [2.75, 3.05) is 13.2 Å². The van der Waals surface area contributed by atoms with Crippen molar-refractivity contribution in [2.24, 2.45) is 0 Å². The summed E-state index contributed by atoms with van der Waals surface area (Å²) in [4.78, 5) is 24.6. The summed E-state index contributed by atoms with van der Waals surface area (Å²) in [5.41, 5.74) is 0. The van der Waals surface area contributed by atoms with E-state index in [-0.39, 0.29) is 18.5 Å². The number of hydrogen-bond acceptors (Lipinski definition) is 5. The number of aliphatic hydroxyl groups excluding tert-OH is 2. The van der Waals surface area contributed by atoms with Gasteiger partial charge in [0.1, 0.15) is 0 Å². The van der Waals surface area contributed by atoms with Crippen molar-refractivity contribution in [1.82, 2.24) is 5.32 Å². The van der Waals surface area contributed by atoms with Crippen LogP contribution < -0.4 is 5.32 Å². The minimum absolute atomic E-state index is 0.00734. The Hall–Kier alpha value is -2.18. The zero-order valence-electron chi connectivity index (χ0n) is 55.9. The van der Waals surface area contributed by atoms with Crippen LogP contribution in [0.25, 0.3) is 0 Å². The summed E-state index contributed by atoms with van der Waals surface area (Å²) < 4.78 is 5.50. The highest BCUT2D eigenvalue weighted by Crippen LogP contribution is 2.18. The molecule has 83 heavy (non-hydrogen) atoms. The summed E-state index contributed by atoms with van der Waals surface area (Å²) in [5, 5.41) is 23.3. The molecular formula is C77H145NO5. The first-order valence-corrected chi connectivity index (χ1v) is 37.4. The van der Waals surface area contributed by atoms with Crippen LogP contribution in [0.5, 0.6) is 0 Å². The number of aliphatic hydroxyl groups is 2. The zero-order chi connectivity index (χ0) is 59.9. The minimum atomic E-state index is -0.849. The van der Waals surface area contributed by atoms with Crippen LogP contribution in [0, 0.1) is 0 Å². The van der Waals surface area contributed by atoms with Gasteiger partial charge in [-0.1, -0.05) is 351 Å². The van der Waals surface area contributed by atoms with Gasteiger partial charge < -0.3 is 20.3 Å². The molecule has 0 fully saturated rings. The molecule has 0 aliphatic carbocycles. The molecule has 0 aromatic carbocycles. The molecule has 0 saturated heterocycles. The van der Waals surface area contributed by atoms with Gasteiger partial charge in [0.2, 0.25) is 5.91 Å². The Bertz CT molecular complexity index is 1390. The molecule has 2 atom stereocenters. The quantitative estimate of drug-likeness (QED) is 0.0320. The summed E-state index contributed by atoms with van der Waals surface area (Å²) in [7, 11) is 0. The van der Waals surface area contributed by atoms with Crippen molar-refractivity contribution >= 4 is 11.9 Å². The Morgan fingerprint density at radius 1 is 0.337 bits per heavy atom. The molecule has 1 amide bonds. The van der Waals surface area contributed by atoms with Gasteiger partial charge in [0.25, 0.3) is 0 Å². The summed E-state index contributed by atoms with van der Waals surface area (Å²) >= 11 is 0. The summed E-state index contributed by atoms with van der Waals surface area (Å²) in [6.45, 7) is 4.93. The highest BCUT2D eigenvalue weighted by molar-refractivity contribution is 5.76. The molecule has 0 radical (unpaired) electrons. The summed E-state index contributed by atoms with van der Waals surface area (Å²) in [5.74, 6) is -0.0603. The molecule has 488 valence electrons. The Morgan fingerprint density at radius 2 is 0.602 bits per heavy atom. The van der Waals surface area contributed by atoms with Gasteiger partial charge in [0, 0.05) is 12.8 Å². The van der Waals surface area contributed by atoms with E-state index in [2.05, 4.69) is 55.6 Å². The molecule has 0 saturated carbocycles. The third kappa shape index (κ3) is 68.8. The molecule has 0 spiro atoms. The average Bonchev–Trinajstić information content (AvgIpc) is 3.49. The van der Waals surface area contributed by atoms with Gasteiger partial charge in [0.15, 0.2) is 0 Å². The van der Waals surface area contributed by atoms with Crippen molar-refractivity contribution in [1.29, 1.82) is 0 Å².